The number of aliphatic hydroxyl groups is 1. The Balaban J connectivity index is 2.62. The van der Waals surface area contributed by atoms with E-state index in [1.165, 1.54) is 31.2 Å². The van der Waals surface area contributed by atoms with Crippen LogP contribution in [0.25, 0.3) is 0 Å². The molecule has 0 unspecified atom stereocenters. The van der Waals surface area contributed by atoms with Crippen molar-refractivity contribution in [1.29, 1.82) is 0 Å². The molecule has 0 aromatic heterocycles. The van der Waals surface area contributed by atoms with E-state index in [1.807, 2.05) is 0 Å². The number of ketones is 1. The van der Waals surface area contributed by atoms with Crippen molar-refractivity contribution in [2.45, 2.75) is 77.6 Å². The van der Waals surface area contributed by atoms with Crippen molar-refractivity contribution in [3.8, 4) is 5.75 Å². The first-order valence-corrected chi connectivity index (χ1v) is 10.0. The van der Waals surface area contributed by atoms with Gasteiger partial charge in [-0.1, -0.05) is 12.1 Å². The van der Waals surface area contributed by atoms with Gasteiger partial charge < -0.3 is 19.7 Å². The molecule has 2 N–H and O–H groups in total. The molecule has 0 saturated heterocycles. The Kier molecular flexibility index (Phi) is 6.38. The van der Waals surface area contributed by atoms with E-state index < -0.39 is 52.3 Å². The number of carbonyl (C=O) groups is 3. The second-order valence-electron chi connectivity index (χ2n) is 10.1. The van der Waals surface area contributed by atoms with Crippen LogP contribution < -0.4 is 0 Å². The van der Waals surface area contributed by atoms with Crippen LogP contribution in [0.2, 0.25) is 0 Å². The van der Waals surface area contributed by atoms with E-state index in [2.05, 4.69) is 0 Å². The molecule has 30 heavy (non-hydrogen) atoms. The van der Waals surface area contributed by atoms with Crippen LogP contribution in [0, 0.1) is 11.8 Å². The summed E-state index contributed by atoms with van der Waals surface area (Å²) in [6, 6.07) is 5.87. The highest BCUT2D eigenvalue weighted by atomic mass is 16.6. The van der Waals surface area contributed by atoms with Gasteiger partial charge in [-0.15, -0.1) is 0 Å². The first-order valence-electron chi connectivity index (χ1n) is 10.0. The quantitative estimate of drug-likeness (QED) is 0.571. The SMILES string of the molecule is CC(C)(C)OC(=O)[C@@H]1C(=O)C[C@@](C)(O)[C@H](C(=O)OC(C)(C)C)[C@H]1c1ccc(O)cc1. The van der Waals surface area contributed by atoms with Gasteiger partial charge in [-0.2, -0.15) is 0 Å². The predicted molar refractivity (Wildman–Crippen MR) is 110 cm³/mol. The summed E-state index contributed by atoms with van der Waals surface area (Å²) in [5.74, 6) is -5.45. The first-order chi connectivity index (χ1) is 13.5. The van der Waals surface area contributed by atoms with E-state index in [9.17, 15) is 24.6 Å². The molecule has 0 aliphatic heterocycles. The fraction of sp³-hybridized carbons (Fsp3) is 0.609. The van der Waals surface area contributed by atoms with Crippen LogP contribution in [0.5, 0.6) is 5.75 Å². The number of benzene rings is 1. The summed E-state index contributed by atoms with van der Waals surface area (Å²) < 4.78 is 11.0. The Hall–Kier alpha value is -2.41. The minimum atomic E-state index is -1.72. The molecule has 0 spiro atoms. The fourth-order valence-electron chi connectivity index (χ4n) is 3.84. The number of Topliss-reactive ketones (excluding diaryl/α,β-unsaturated/α-hetero) is 1. The molecule has 1 aromatic rings. The molecule has 166 valence electrons. The number of phenolic OH excluding ortho intramolecular Hbond substituents is 1. The number of phenols is 1. The molecule has 1 fully saturated rings. The largest absolute Gasteiger partial charge is 0.508 e. The Morgan fingerprint density at radius 3 is 1.90 bits per heavy atom. The maximum Gasteiger partial charge on any atom is 0.317 e. The third-order valence-corrected chi connectivity index (χ3v) is 4.87. The molecule has 2 rings (SSSR count). The Morgan fingerprint density at radius 2 is 1.43 bits per heavy atom. The van der Waals surface area contributed by atoms with Crippen LogP contribution in [-0.4, -0.2) is 44.7 Å². The van der Waals surface area contributed by atoms with Gasteiger partial charge in [0.25, 0.3) is 0 Å². The van der Waals surface area contributed by atoms with Gasteiger partial charge in [0.05, 0.1) is 11.5 Å². The Morgan fingerprint density at radius 1 is 0.967 bits per heavy atom. The monoisotopic (exact) mass is 420 g/mol. The van der Waals surface area contributed by atoms with Gasteiger partial charge in [0.15, 0.2) is 5.78 Å². The van der Waals surface area contributed by atoms with E-state index >= 15 is 0 Å². The van der Waals surface area contributed by atoms with Gasteiger partial charge in [0, 0.05) is 12.3 Å². The van der Waals surface area contributed by atoms with Gasteiger partial charge in [-0.3, -0.25) is 14.4 Å². The van der Waals surface area contributed by atoms with E-state index in [-0.39, 0.29) is 12.2 Å². The van der Waals surface area contributed by atoms with Gasteiger partial charge in [-0.05, 0) is 66.2 Å². The maximum absolute atomic E-state index is 13.1. The number of rotatable bonds is 3. The number of carbonyl (C=O) groups excluding carboxylic acids is 3. The lowest BCUT2D eigenvalue weighted by Gasteiger charge is -2.44. The average Bonchev–Trinajstić information content (AvgIpc) is 2.50. The van der Waals surface area contributed by atoms with E-state index in [1.54, 1.807) is 41.5 Å². The number of esters is 2. The Labute approximate surface area is 177 Å². The molecule has 1 aliphatic carbocycles. The minimum Gasteiger partial charge on any atom is -0.508 e. The highest BCUT2D eigenvalue weighted by molar-refractivity contribution is 6.03. The molecule has 7 heteroatoms. The third-order valence-electron chi connectivity index (χ3n) is 4.87. The smallest absolute Gasteiger partial charge is 0.317 e. The number of ether oxygens (including phenoxy) is 2. The standard InChI is InChI=1S/C23H32O7/c1-21(2,3)29-19(26)17-15(25)12-23(7,28)18(20(27)30-22(4,5)6)16(17)13-8-10-14(24)11-9-13/h8-11,16-18,24,28H,12H2,1-7H3/t16-,17+,18-,23+/m0/s1. The summed E-state index contributed by atoms with van der Waals surface area (Å²) in [7, 11) is 0. The van der Waals surface area contributed by atoms with Crippen molar-refractivity contribution in [1.82, 2.24) is 0 Å². The highest BCUT2D eigenvalue weighted by Gasteiger charge is 2.57. The second-order valence-corrected chi connectivity index (χ2v) is 10.1. The van der Waals surface area contributed by atoms with Crippen LogP contribution in [0.15, 0.2) is 24.3 Å². The average molecular weight is 421 g/mol. The highest BCUT2D eigenvalue weighted by Crippen LogP contribution is 2.47. The molecular weight excluding hydrogens is 388 g/mol. The Bertz CT molecular complexity index is 809. The van der Waals surface area contributed by atoms with Crippen molar-refractivity contribution in [3.05, 3.63) is 29.8 Å². The van der Waals surface area contributed by atoms with Gasteiger partial charge in [0.1, 0.15) is 22.9 Å². The summed E-state index contributed by atoms with van der Waals surface area (Å²) in [6.45, 7) is 11.6. The lowest BCUT2D eigenvalue weighted by Crippen LogP contribution is -2.56. The first kappa shape index (κ1) is 23.9. The van der Waals surface area contributed by atoms with Crippen molar-refractivity contribution in [3.63, 3.8) is 0 Å². The summed E-state index contributed by atoms with van der Waals surface area (Å²) in [5.41, 5.74) is -2.93. The summed E-state index contributed by atoms with van der Waals surface area (Å²) >= 11 is 0. The molecule has 1 aliphatic rings. The molecule has 1 saturated carbocycles. The zero-order valence-corrected chi connectivity index (χ0v) is 18.7. The molecule has 0 amide bonds. The predicted octanol–water partition coefficient (Wildman–Crippen LogP) is 3.12. The lowest BCUT2D eigenvalue weighted by atomic mass is 9.61. The van der Waals surface area contributed by atoms with Crippen LogP contribution in [0.4, 0.5) is 0 Å². The van der Waals surface area contributed by atoms with Gasteiger partial charge in [0.2, 0.25) is 0 Å². The maximum atomic E-state index is 13.1. The van der Waals surface area contributed by atoms with Crippen molar-refractivity contribution < 1.29 is 34.1 Å². The van der Waals surface area contributed by atoms with Crippen LogP contribution in [-0.2, 0) is 23.9 Å². The third kappa shape index (κ3) is 5.59. The topological polar surface area (TPSA) is 110 Å². The summed E-state index contributed by atoms with van der Waals surface area (Å²) in [5, 5.41) is 20.7. The molecule has 0 bridgehead atoms. The number of hydrogen-bond donors (Lipinski definition) is 2. The van der Waals surface area contributed by atoms with Gasteiger partial charge in [-0.25, -0.2) is 0 Å². The normalized spacial score (nSPS) is 27.5. The number of aromatic hydroxyl groups is 1. The molecule has 4 atom stereocenters. The lowest BCUT2D eigenvalue weighted by molar-refractivity contribution is -0.182. The second kappa shape index (κ2) is 8.02. The molecular formula is C23H32O7. The summed E-state index contributed by atoms with van der Waals surface area (Å²) in [6.07, 6.45) is -0.380. The van der Waals surface area contributed by atoms with E-state index in [0.717, 1.165) is 0 Å². The van der Waals surface area contributed by atoms with Crippen LogP contribution >= 0.6 is 0 Å². The molecule has 1 aromatic carbocycles. The van der Waals surface area contributed by atoms with Crippen molar-refractivity contribution in [2.75, 3.05) is 0 Å². The zero-order valence-electron chi connectivity index (χ0n) is 18.7. The van der Waals surface area contributed by atoms with E-state index in [4.69, 9.17) is 9.47 Å². The molecule has 7 nitrogen and oxygen atoms in total. The molecule has 0 radical (unpaired) electrons. The zero-order chi connectivity index (χ0) is 23.1. The van der Waals surface area contributed by atoms with Crippen molar-refractivity contribution >= 4 is 17.7 Å². The number of hydrogen-bond acceptors (Lipinski definition) is 7. The van der Waals surface area contributed by atoms with Crippen molar-refractivity contribution in [2.24, 2.45) is 11.8 Å². The fourth-order valence-corrected chi connectivity index (χ4v) is 3.84. The van der Waals surface area contributed by atoms with Crippen LogP contribution in [0.3, 0.4) is 0 Å². The summed E-state index contributed by atoms with van der Waals surface area (Å²) in [4.78, 5) is 39.1. The molecule has 0 heterocycles. The minimum absolute atomic E-state index is 0.00437. The van der Waals surface area contributed by atoms with E-state index in [0.29, 0.717) is 5.56 Å². The van der Waals surface area contributed by atoms with Gasteiger partial charge >= 0.3 is 11.9 Å². The van der Waals surface area contributed by atoms with Crippen LogP contribution in [0.1, 0.15) is 66.4 Å².